The normalized spacial score (nSPS) is 14.3. The highest BCUT2D eigenvalue weighted by Crippen LogP contribution is 2.22. The third-order valence-electron chi connectivity index (χ3n) is 4.58. The molecule has 3 rings (SSSR count). The minimum absolute atomic E-state index is 0.0369. The molecule has 2 amide bonds. The molecule has 6 heteroatoms. The van der Waals surface area contributed by atoms with Gasteiger partial charge < -0.3 is 15.4 Å². The molecule has 1 heterocycles. The summed E-state index contributed by atoms with van der Waals surface area (Å²) in [4.78, 5) is 28.0. The van der Waals surface area contributed by atoms with E-state index in [4.69, 9.17) is 4.74 Å². The summed E-state index contributed by atoms with van der Waals surface area (Å²) in [6.07, 6.45) is 6.63. The van der Waals surface area contributed by atoms with Crippen LogP contribution in [0, 0.1) is 0 Å². The number of carbonyl (C=O) groups excluding carboxylic acids is 2. The predicted molar refractivity (Wildman–Crippen MR) is 99.9 cm³/mol. The van der Waals surface area contributed by atoms with E-state index in [-0.39, 0.29) is 24.7 Å². The maximum Gasteiger partial charge on any atom is 0.220 e. The fourth-order valence-electron chi connectivity index (χ4n) is 3.23. The monoisotopic (exact) mass is 355 g/mol. The quantitative estimate of drug-likeness (QED) is 0.713. The molecule has 1 aromatic carbocycles. The van der Waals surface area contributed by atoms with Crippen LogP contribution in [-0.4, -0.2) is 36.0 Å². The molecule has 1 aliphatic carbocycles. The molecule has 0 saturated heterocycles. The first-order valence-electron chi connectivity index (χ1n) is 9.25. The van der Waals surface area contributed by atoms with E-state index >= 15 is 0 Å². The second-order valence-corrected chi connectivity index (χ2v) is 6.58. The third-order valence-corrected chi connectivity index (χ3v) is 4.58. The van der Waals surface area contributed by atoms with Crippen LogP contribution in [0.2, 0.25) is 0 Å². The van der Waals surface area contributed by atoms with Gasteiger partial charge in [-0.25, -0.2) is 0 Å². The summed E-state index contributed by atoms with van der Waals surface area (Å²) in [7, 11) is 0. The molecular weight excluding hydrogens is 330 g/mol. The number of hydrogen-bond donors (Lipinski definition) is 2. The molecule has 26 heavy (non-hydrogen) atoms. The van der Waals surface area contributed by atoms with Crippen molar-refractivity contribution in [3.8, 4) is 5.75 Å². The van der Waals surface area contributed by atoms with Crippen molar-refractivity contribution in [2.45, 2.75) is 44.6 Å². The Kier molecular flexibility index (Phi) is 6.41. The molecular formula is C20H25N3O3. The highest BCUT2D eigenvalue weighted by atomic mass is 16.5. The molecule has 1 saturated carbocycles. The van der Waals surface area contributed by atoms with Crippen molar-refractivity contribution in [1.29, 1.82) is 0 Å². The van der Waals surface area contributed by atoms with Gasteiger partial charge in [0.25, 0.3) is 0 Å². The first kappa shape index (κ1) is 18.2. The Bertz CT molecular complexity index is 752. The van der Waals surface area contributed by atoms with Gasteiger partial charge in [0.2, 0.25) is 11.8 Å². The van der Waals surface area contributed by atoms with Crippen LogP contribution in [0.25, 0.3) is 10.9 Å². The van der Waals surface area contributed by atoms with Crippen LogP contribution in [0.3, 0.4) is 0 Å². The van der Waals surface area contributed by atoms with E-state index in [0.29, 0.717) is 24.9 Å². The third kappa shape index (κ3) is 5.18. The molecule has 0 atom stereocenters. The molecule has 0 bridgehead atoms. The summed E-state index contributed by atoms with van der Waals surface area (Å²) in [5, 5.41) is 6.79. The zero-order chi connectivity index (χ0) is 18.2. The highest BCUT2D eigenvalue weighted by molar-refractivity contribution is 5.84. The van der Waals surface area contributed by atoms with Crippen LogP contribution in [0.5, 0.6) is 5.75 Å². The summed E-state index contributed by atoms with van der Waals surface area (Å²) in [6, 6.07) is 9.93. The molecule has 1 fully saturated rings. The first-order chi connectivity index (χ1) is 12.7. The van der Waals surface area contributed by atoms with Gasteiger partial charge in [0, 0.05) is 30.5 Å². The second-order valence-electron chi connectivity index (χ2n) is 6.58. The first-order valence-corrected chi connectivity index (χ1v) is 9.25. The van der Waals surface area contributed by atoms with Crippen molar-refractivity contribution in [3.63, 3.8) is 0 Å². The number of carbonyl (C=O) groups is 2. The van der Waals surface area contributed by atoms with Gasteiger partial charge in [-0.15, -0.1) is 0 Å². The van der Waals surface area contributed by atoms with E-state index in [1.165, 1.54) is 12.8 Å². The van der Waals surface area contributed by atoms with Gasteiger partial charge >= 0.3 is 0 Å². The highest BCUT2D eigenvalue weighted by Gasteiger charge is 2.17. The summed E-state index contributed by atoms with van der Waals surface area (Å²) >= 11 is 0. The van der Waals surface area contributed by atoms with E-state index in [9.17, 15) is 9.59 Å². The van der Waals surface area contributed by atoms with Crippen LogP contribution in [0.4, 0.5) is 0 Å². The predicted octanol–water partition coefficient (Wildman–Crippen LogP) is 2.57. The molecule has 1 aliphatic rings. The summed E-state index contributed by atoms with van der Waals surface area (Å²) in [5.41, 5.74) is 0.810. The zero-order valence-electron chi connectivity index (χ0n) is 14.9. The SMILES string of the molecule is O=C(CCC(=O)NC1CCCC1)NCCOc1cccc2cccnc12. The van der Waals surface area contributed by atoms with Gasteiger partial charge in [-0.2, -0.15) is 0 Å². The Labute approximate surface area is 153 Å². The number of hydrogen-bond acceptors (Lipinski definition) is 4. The number of fused-ring (bicyclic) bond motifs is 1. The summed E-state index contributed by atoms with van der Waals surface area (Å²) < 4.78 is 5.73. The Balaban J connectivity index is 1.34. The maximum atomic E-state index is 11.8. The van der Waals surface area contributed by atoms with Crippen molar-refractivity contribution < 1.29 is 14.3 Å². The average Bonchev–Trinajstić information content (AvgIpc) is 3.16. The lowest BCUT2D eigenvalue weighted by atomic mass is 10.2. The number of rotatable bonds is 8. The van der Waals surface area contributed by atoms with Crippen LogP contribution < -0.4 is 15.4 Å². The lowest BCUT2D eigenvalue weighted by Crippen LogP contribution is -2.34. The Morgan fingerprint density at radius 3 is 2.69 bits per heavy atom. The number of nitrogens with one attached hydrogen (secondary N) is 2. The largest absolute Gasteiger partial charge is 0.489 e. The lowest BCUT2D eigenvalue weighted by Gasteiger charge is -2.12. The number of nitrogens with zero attached hydrogens (tertiary/aromatic N) is 1. The fraction of sp³-hybridized carbons (Fsp3) is 0.450. The summed E-state index contributed by atoms with van der Waals surface area (Å²) in [6.45, 7) is 0.752. The molecule has 0 spiro atoms. The molecule has 6 nitrogen and oxygen atoms in total. The average molecular weight is 355 g/mol. The molecule has 0 aliphatic heterocycles. The van der Waals surface area contributed by atoms with Gasteiger partial charge in [-0.1, -0.05) is 31.0 Å². The van der Waals surface area contributed by atoms with Gasteiger partial charge in [0.05, 0.1) is 6.54 Å². The Morgan fingerprint density at radius 2 is 1.85 bits per heavy atom. The van der Waals surface area contributed by atoms with Gasteiger partial charge in [-0.05, 0) is 25.0 Å². The van der Waals surface area contributed by atoms with Crippen molar-refractivity contribution in [1.82, 2.24) is 15.6 Å². The van der Waals surface area contributed by atoms with E-state index in [2.05, 4.69) is 15.6 Å². The van der Waals surface area contributed by atoms with Gasteiger partial charge in [-0.3, -0.25) is 14.6 Å². The smallest absolute Gasteiger partial charge is 0.220 e. The summed E-state index contributed by atoms with van der Waals surface area (Å²) in [5.74, 6) is 0.532. The number of aromatic nitrogens is 1. The number of para-hydroxylation sites is 1. The van der Waals surface area contributed by atoms with E-state index in [1.54, 1.807) is 6.20 Å². The molecule has 2 aromatic rings. The lowest BCUT2D eigenvalue weighted by molar-refractivity contribution is -0.126. The van der Waals surface area contributed by atoms with E-state index < -0.39 is 0 Å². The minimum Gasteiger partial charge on any atom is -0.489 e. The van der Waals surface area contributed by atoms with E-state index in [1.807, 2.05) is 30.3 Å². The molecule has 0 radical (unpaired) electrons. The standard InChI is InChI=1S/C20H25N3O3/c24-18(10-11-19(25)23-16-7-1-2-8-16)21-13-14-26-17-9-3-5-15-6-4-12-22-20(15)17/h3-6,9,12,16H,1-2,7-8,10-11,13-14H2,(H,21,24)(H,23,25). The van der Waals surface area contributed by atoms with Crippen LogP contribution in [0.15, 0.2) is 36.5 Å². The number of benzene rings is 1. The number of amides is 2. The topological polar surface area (TPSA) is 80.3 Å². The second kappa shape index (κ2) is 9.17. The van der Waals surface area contributed by atoms with Crippen LogP contribution >= 0.6 is 0 Å². The van der Waals surface area contributed by atoms with E-state index in [0.717, 1.165) is 23.7 Å². The zero-order valence-corrected chi connectivity index (χ0v) is 14.9. The van der Waals surface area contributed by atoms with Gasteiger partial charge in [0.15, 0.2) is 0 Å². The molecule has 0 unspecified atom stereocenters. The van der Waals surface area contributed by atoms with Crippen molar-refractivity contribution >= 4 is 22.7 Å². The minimum atomic E-state index is -0.133. The van der Waals surface area contributed by atoms with Crippen LogP contribution in [-0.2, 0) is 9.59 Å². The number of ether oxygens (including phenoxy) is 1. The van der Waals surface area contributed by atoms with Crippen molar-refractivity contribution in [3.05, 3.63) is 36.5 Å². The Morgan fingerprint density at radius 1 is 1.08 bits per heavy atom. The number of pyridine rings is 1. The van der Waals surface area contributed by atoms with Crippen molar-refractivity contribution in [2.75, 3.05) is 13.2 Å². The fourth-order valence-corrected chi connectivity index (χ4v) is 3.23. The molecule has 1 aromatic heterocycles. The Hall–Kier alpha value is -2.63. The maximum absolute atomic E-state index is 11.8. The van der Waals surface area contributed by atoms with Crippen LogP contribution in [0.1, 0.15) is 38.5 Å². The van der Waals surface area contributed by atoms with Crippen molar-refractivity contribution in [2.24, 2.45) is 0 Å². The molecule has 2 N–H and O–H groups in total. The molecule has 138 valence electrons. The van der Waals surface area contributed by atoms with Gasteiger partial charge in [0.1, 0.15) is 17.9 Å².